The monoisotopic (exact) mass is 475 g/mol. The van der Waals surface area contributed by atoms with E-state index in [1.807, 2.05) is 62.4 Å². The normalized spacial score (nSPS) is 14.1. The number of rotatable bonds is 5. The Labute approximate surface area is 205 Å². The summed E-state index contributed by atoms with van der Waals surface area (Å²) in [6, 6.07) is 15.6. The fraction of sp³-hybridized carbons (Fsp3) is 0.296. The SMILES string of the molecule is Cc1ccc(C(C)C)c(OC(=O)c2oc3c(c2C)/C(=N/NC(=S)Nc2ccccc2)CCC3)c1. The maximum Gasteiger partial charge on any atom is 0.379 e. The van der Waals surface area contributed by atoms with Gasteiger partial charge in [-0.1, -0.05) is 44.2 Å². The van der Waals surface area contributed by atoms with Crippen molar-refractivity contribution in [3.8, 4) is 5.75 Å². The maximum absolute atomic E-state index is 13.1. The number of hydrogen-bond donors (Lipinski definition) is 2. The minimum atomic E-state index is -0.493. The molecule has 0 fully saturated rings. The Bertz CT molecular complexity index is 1250. The summed E-state index contributed by atoms with van der Waals surface area (Å²) in [6.45, 7) is 8.00. The van der Waals surface area contributed by atoms with Gasteiger partial charge in [0.25, 0.3) is 0 Å². The zero-order chi connectivity index (χ0) is 24.2. The minimum Gasteiger partial charge on any atom is -0.453 e. The number of fused-ring (bicyclic) bond motifs is 1. The molecule has 0 atom stereocenters. The number of carbonyl (C=O) groups excluding carboxylic acids is 1. The van der Waals surface area contributed by atoms with Crippen molar-refractivity contribution in [1.29, 1.82) is 0 Å². The van der Waals surface area contributed by atoms with Crippen molar-refractivity contribution in [1.82, 2.24) is 5.43 Å². The van der Waals surface area contributed by atoms with E-state index in [4.69, 9.17) is 21.4 Å². The zero-order valence-corrected chi connectivity index (χ0v) is 20.7. The van der Waals surface area contributed by atoms with Gasteiger partial charge < -0.3 is 14.5 Å². The van der Waals surface area contributed by atoms with Crippen molar-refractivity contribution < 1.29 is 13.9 Å². The Hall–Kier alpha value is -3.45. The third-order valence-electron chi connectivity index (χ3n) is 5.83. The summed E-state index contributed by atoms with van der Waals surface area (Å²) in [7, 11) is 0. The molecule has 1 heterocycles. The van der Waals surface area contributed by atoms with Gasteiger partial charge in [-0.2, -0.15) is 5.10 Å². The number of aryl methyl sites for hydroxylation is 2. The number of nitrogens with zero attached hydrogens (tertiary/aromatic N) is 1. The second-order valence-electron chi connectivity index (χ2n) is 8.78. The first kappa shape index (κ1) is 23.7. The maximum atomic E-state index is 13.1. The van der Waals surface area contributed by atoms with Gasteiger partial charge >= 0.3 is 5.97 Å². The zero-order valence-electron chi connectivity index (χ0n) is 19.9. The van der Waals surface area contributed by atoms with E-state index in [1.54, 1.807) is 0 Å². The number of para-hydroxylation sites is 1. The van der Waals surface area contributed by atoms with Crippen LogP contribution in [0.25, 0.3) is 0 Å². The molecule has 0 amide bonds. The van der Waals surface area contributed by atoms with Crippen LogP contribution in [-0.2, 0) is 6.42 Å². The predicted octanol–water partition coefficient (Wildman–Crippen LogP) is 6.27. The number of esters is 1. The minimum absolute atomic E-state index is 0.223. The van der Waals surface area contributed by atoms with Crippen LogP contribution >= 0.6 is 12.2 Å². The lowest BCUT2D eigenvalue weighted by Crippen LogP contribution is -2.26. The van der Waals surface area contributed by atoms with Crippen molar-refractivity contribution in [3.05, 3.63) is 82.3 Å². The summed E-state index contributed by atoms with van der Waals surface area (Å²) in [6.07, 6.45) is 2.39. The van der Waals surface area contributed by atoms with Crippen molar-refractivity contribution in [2.24, 2.45) is 5.10 Å². The van der Waals surface area contributed by atoms with Crippen LogP contribution in [-0.4, -0.2) is 16.8 Å². The average Bonchev–Trinajstić information content (AvgIpc) is 3.15. The number of hydrazone groups is 1. The molecule has 6 nitrogen and oxygen atoms in total. The van der Waals surface area contributed by atoms with Crippen LogP contribution in [0.1, 0.15) is 71.2 Å². The first-order valence-electron chi connectivity index (χ1n) is 11.5. The predicted molar refractivity (Wildman–Crippen MR) is 139 cm³/mol. The first-order valence-corrected chi connectivity index (χ1v) is 11.9. The molecule has 0 radical (unpaired) electrons. The molecule has 1 aliphatic carbocycles. The summed E-state index contributed by atoms with van der Waals surface area (Å²) < 4.78 is 11.8. The molecular formula is C27H29N3O3S. The Balaban J connectivity index is 1.55. The molecule has 1 aromatic heterocycles. The van der Waals surface area contributed by atoms with Gasteiger partial charge in [0.05, 0.1) is 5.71 Å². The van der Waals surface area contributed by atoms with Crippen LogP contribution in [0.3, 0.4) is 0 Å². The summed E-state index contributed by atoms with van der Waals surface area (Å²) in [4.78, 5) is 13.1. The molecule has 4 rings (SSSR count). The van der Waals surface area contributed by atoms with Crippen molar-refractivity contribution >= 4 is 34.7 Å². The lowest BCUT2D eigenvalue weighted by Gasteiger charge is -2.14. The van der Waals surface area contributed by atoms with E-state index in [2.05, 4.69) is 29.7 Å². The molecule has 0 spiro atoms. The number of furan rings is 1. The number of anilines is 1. The molecule has 0 bridgehead atoms. The van der Waals surface area contributed by atoms with E-state index in [9.17, 15) is 4.79 Å². The smallest absolute Gasteiger partial charge is 0.379 e. The number of nitrogens with one attached hydrogen (secondary N) is 2. The van der Waals surface area contributed by atoms with E-state index in [-0.39, 0.29) is 11.7 Å². The Morgan fingerprint density at radius 3 is 2.62 bits per heavy atom. The standard InChI is InChI=1S/C27H29N3O3S/c1-16(2)20-14-13-17(3)15-23(20)33-26(31)25-18(4)24-21(11-8-12-22(24)32-25)29-30-27(34)28-19-9-6-5-7-10-19/h5-7,9-10,13-16H,8,11-12H2,1-4H3,(H2,28,30,34)/b29-21+. The number of thiocarbonyl (C=S) groups is 1. The number of hydrogen-bond acceptors (Lipinski definition) is 5. The second kappa shape index (κ2) is 10.2. The first-order chi connectivity index (χ1) is 16.3. The molecule has 7 heteroatoms. The third-order valence-corrected chi connectivity index (χ3v) is 6.02. The van der Waals surface area contributed by atoms with Gasteiger partial charge in [0.2, 0.25) is 5.76 Å². The van der Waals surface area contributed by atoms with Gasteiger partial charge in [-0.05, 0) is 74.2 Å². The molecule has 2 N–H and O–H groups in total. The Morgan fingerprint density at radius 1 is 1.12 bits per heavy atom. The molecule has 3 aromatic rings. The van der Waals surface area contributed by atoms with Crippen LogP contribution in [0.15, 0.2) is 58.0 Å². The molecule has 2 aromatic carbocycles. The fourth-order valence-electron chi connectivity index (χ4n) is 4.13. The van der Waals surface area contributed by atoms with Crippen LogP contribution in [0.5, 0.6) is 5.75 Å². The van der Waals surface area contributed by atoms with Crippen LogP contribution in [0.4, 0.5) is 5.69 Å². The number of carbonyl (C=O) groups is 1. The van der Waals surface area contributed by atoms with E-state index in [0.717, 1.165) is 58.7 Å². The molecular weight excluding hydrogens is 446 g/mol. The van der Waals surface area contributed by atoms with E-state index in [1.165, 1.54) is 0 Å². The summed E-state index contributed by atoms with van der Waals surface area (Å²) >= 11 is 5.37. The Morgan fingerprint density at radius 2 is 1.88 bits per heavy atom. The highest BCUT2D eigenvalue weighted by atomic mass is 32.1. The number of ether oxygens (including phenoxy) is 1. The van der Waals surface area contributed by atoms with Gasteiger partial charge in [-0.25, -0.2) is 4.79 Å². The van der Waals surface area contributed by atoms with Gasteiger partial charge in [-0.15, -0.1) is 0 Å². The van der Waals surface area contributed by atoms with Crippen molar-refractivity contribution in [2.45, 2.75) is 52.9 Å². The topological polar surface area (TPSA) is 75.9 Å². The van der Waals surface area contributed by atoms with Gasteiger partial charge in [0.1, 0.15) is 11.5 Å². The van der Waals surface area contributed by atoms with Crippen molar-refractivity contribution in [2.75, 3.05) is 5.32 Å². The lowest BCUT2D eigenvalue weighted by atomic mass is 9.93. The van der Waals surface area contributed by atoms with Crippen molar-refractivity contribution in [3.63, 3.8) is 0 Å². The lowest BCUT2D eigenvalue weighted by molar-refractivity contribution is 0.0696. The van der Waals surface area contributed by atoms with Crippen LogP contribution in [0.2, 0.25) is 0 Å². The number of benzene rings is 2. The largest absolute Gasteiger partial charge is 0.453 e. The second-order valence-corrected chi connectivity index (χ2v) is 9.19. The average molecular weight is 476 g/mol. The highest BCUT2D eigenvalue weighted by molar-refractivity contribution is 7.80. The highest BCUT2D eigenvalue weighted by Gasteiger charge is 2.29. The molecule has 176 valence electrons. The van der Waals surface area contributed by atoms with Gasteiger partial charge in [-0.3, -0.25) is 5.43 Å². The van der Waals surface area contributed by atoms with E-state index < -0.39 is 5.97 Å². The molecule has 0 saturated carbocycles. The third kappa shape index (κ3) is 5.20. The molecule has 0 aliphatic heterocycles. The van der Waals surface area contributed by atoms with E-state index >= 15 is 0 Å². The van der Waals surface area contributed by atoms with Crippen LogP contribution in [0, 0.1) is 13.8 Å². The molecule has 34 heavy (non-hydrogen) atoms. The van der Waals surface area contributed by atoms with Gasteiger partial charge in [0, 0.05) is 23.2 Å². The Kier molecular flexibility index (Phi) is 7.12. The molecule has 1 aliphatic rings. The quantitative estimate of drug-likeness (QED) is 0.196. The summed E-state index contributed by atoms with van der Waals surface area (Å²) in [5, 5.41) is 8.04. The molecule has 0 unspecified atom stereocenters. The van der Waals surface area contributed by atoms with E-state index in [0.29, 0.717) is 10.9 Å². The fourth-order valence-corrected chi connectivity index (χ4v) is 4.29. The summed E-state index contributed by atoms with van der Waals surface area (Å²) in [5.41, 5.74) is 8.24. The summed E-state index contributed by atoms with van der Waals surface area (Å²) in [5.74, 6) is 1.29. The van der Waals surface area contributed by atoms with Crippen LogP contribution < -0.4 is 15.5 Å². The molecule has 0 saturated heterocycles. The van der Waals surface area contributed by atoms with Gasteiger partial charge in [0.15, 0.2) is 5.11 Å². The highest BCUT2D eigenvalue weighted by Crippen LogP contribution is 2.32.